The third-order valence-corrected chi connectivity index (χ3v) is 2.84. The van der Waals surface area contributed by atoms with Crippen molar-refractivity contribution in [1.82, 2.24) is 4.90 Å². The predicted molar refractivity (Wildman–Crippen MR) is 65.6 cm³/mol. The van der Waals surface area contributed by atoms with E-state index in [1.165, 1.54) is 6.07 Å². The smallest absolute Gasteiger partial charge is 0.123 e. The van der Waals surface area contributed by atoms with Crippen LogP contribution < -0.4 is 5.73 Å². The molecule has 0 aliphatic rings. The van der Waals surface area contributed by atoms with E-state index < -0.39 is 0 Å². The van der Waals surface area contributed by atoms with Gasteiger partial charge in [-0.15, -0.1) is 0 Å². The van der Waals surface area contributed by atoms with E-state index in [9.17, 15) is 4.39 Å². The Hall–Kier alpha value is -0.930. The third-order valence-electron chi connectivity index (χ3n) is 2.84. The van der Waals surface area contributed by atoms with Gasteiger partial charge < -0.3 is 5.73 Å². The van der Waals surface area contributed by atoms with Crippen molar-refractivity contribution < 1.29 is 4.39 Å². The summed E-state index contributed by atoms with van der Waals surface area (Å²) in [5.74, 6) is -0.175. The lowest BCUT2D eigenvalue weighted by Gasteiger charge is -2.26. The maximum Gasteiger partial charge on any atom is 0.123 e. The number of rotatable bonds is 6. The zero-order valence-corrected chi connectivity index (χ0v) is 10.1. The molecule has 1 rings (SSSR count). The molecule has 1 aromatic rings. The maximum atomic E-state index is 13.0. The van der Waals surface area contributed by atoms with Gasteiger partial charge in [0.25, 0.3) is 0 Å². The molecule has 2 N–H and O–H groups in total. The first-order valence-electron chi connectivity index (χ1n) is 5.82. The molecule has 1 unspecified atom stereocenters. The van der Waals surface area contributed by atoms with Crippen LogP contribution in [0.5, 0.6) is 0 Å². The first kappa shape index (κ1) is 13.1. The highest BCUT2D eigenvalue weighted by molar-refractivity contribution is 5.16. The summed E-state index contributed by atoms with van der Waals surface area (Å²) in [4.78, 5) is 2.19. The van der Waals surface area contributed by atoms with Gasteiger partial charge in [-0.05, 0) is 31.2 Å². The van der Waals surface area contributed by atoms with Crippen molar-refractivity contribution >= 4 is 0 Å². The van der Waals surface area contributed by atoms with E-state index in [0.717, 1.165) is 24.9 Å². The normalized spacial score (nSPS) is 13.1. The van der Waals surface area contributed by atoms with E-state index in [1.54, 1.807) is 12.1 Å². The van der Waals surface area contributed by atoms with Crippen molar-refractivity contribution in [3.05, 3.63) is 35.6 Å². The van der Waals surface area contributed by atoms with Gasteiger partial charge in [-0.3, -0.25) is 4.90 Å². The SMILES string of the molecule is CCCC(CN)N(C)Cc1cccc(F)c1. The lowest BCUT2D eigenvalue weighted by Crippen LogP contribution is -2.37. The molecule has 0 amide bonds. The maximum absolute atomic E-state index is 13.0. The number of hydrogen-bond donors (Lipinski definition) is 1. The summed E-state index contributed by atoms with van der Waals surface area (Å²) in [6, 6.07) is 7.12. The molecule has 0 saturated carbocycles. The van der Waals surface area contributed by atoms with Gasteiger partial charge in [0.15, 0.2) is 0 Å². The zero-order chi connectivity index (χ0) is 12.0. The van der Waals surface area contributed by atoms with Crippen molar-refractivity contribution in [2.45, 2.75) is 32.4 Å². The largest absolute Gasteiger partial charge is 0.329 e. The van der Waals surface area contributed by atoms with Crippen molar-refractivity contribution in [2.75, 3.05) is 13.6 Å². The van der Waals surface area contributed by atoms with Crippen LogP contribution >= 0.6 is 0 Å². The van der Waals surface area contributed by atoms with E-state index >= 15 is 0 Å². The molecule has 1 atom stereocenters. The van der Waals surface area contributed by atoms with Gasteiger partial charge in [0.2, 0.25) is 0 Å². The third kappa shape index (κ3) is 3.91. The Balaban J connectivity index is 2.58. The van der Waals surface area contributed by atoms with Crippen LogP contribution in [0.1, 0.15) is 25.3 Å². The minimum absolute atomic E-state index is 0.175. The standard InChI is InChI=1S/C13H21FN2/c1-3-5-13(9-15)16(2)10-11-6-4-7-12(14)8-11/h4,6-8,13H,3,5,9-10,15H2,1-2H3. The molecule has 1 aromatic carbocycles. The van der Waals surface area contributed by atoms with Gasteiger partial charge in [0.05, 0.1) is 0 Å². The summed E-state index contributed by atoms with van der Waals surface area (Å²) in [7, 11) is 2.04. The van der Waals surface area contributed by atoms with Crippen molar-refractivity contribution in [3.8, 4) is 0 Å². The second-order valence-electron chi connectivity index (χ2n) is 4.22. The van der Waals surface area contributed by atoms with Gasteiger partial charge in [-0.1, -0.05) is 25.5 Å². The van der Waals surface area contributed by atoms with Crippen LogP contribution in [0.25, 0.3) is 0 Å². The summed E-state index contributed by atoms with van der Waals surface area (Å²) in [5, 5.41) is 0. The predicted octanol–water partition coefficient (Wildman–Crippen LogP) is 2.38. The molecule has 3 heteroatoms. The number of benzene rings is 1. The Bertz CT molecular complexity index is 315. The molecule has 90 valence electrons. The number of nitrogens with two attached hydrogens (primary N) is 1. The van der Waals surface area contributed by atoms with E-state index in [2.05, 4.69) is 11.8 Å². The molecule has 0 aromatic heterocycles. The monoisotopic (exact) mass is 224 g/mol. The summed E-state index contributed by atoms with van der Waals surface area (Å²) >= 11 is 0. The van der Waals surface area contributed by atoms with Gasteiger partial charge >= 0.3 is 0 Å². The van der Waals surface area contributed by atoms with Gasteiger partial charge in [-0.2, -0.15) is 0 Å². The molecule has 2 nitrogen and oxygen atoms in total. The summed E-state index contributed by atoms with van der Waals surface area (Å²) < 4.78 is 13.0. The number of nitrogens with zero attached hydrogens (tertiary/aromatic N) is 1. The van der Waals surface area contributed by atoms with Crippen molar-refractivity contribution in [2.24, 2.45) is 5.73 Å². The molecule has 0 fully saturated rings. The highest BCUT2D eigenvalue weighted by Gasteiger charge is 2.12. The molecular weight excluding hydrogens is 203 g/mol. The topological polar surface area (TPSA) is 29.3 Å². The molecule has 0 saturated heterocycles. The van der Waals surface area contributed by atoms with Crippen molar-refractivity contribution in [3.63, 3.8) is 0 Å². The average molecular weight is 224 g/mol. The van der Waals surface area contributed by atoms with Crippen LogP contribution in [0.3, 0.4) is 0 Å². The fourth-order valence-corrected chi connectivity index (χ4v) is 1.90. The minimum atomic E-state index is -0.175. The Morgan fingerprint density at radius 2 is 2.19 bits per heavy atom. The molecule has 0 radical (unpaired) electrons. The lowest BCUT2D eigenvalue weighted by molar-refractivity contribution is 0.226. The second-order valence-corrected chi connectivity index (χ2v) is 4.22. The average Bonchev–Trinajstić information content (AvgIpc) is 2.25. The number of hydrogen-bond acceptors (Lipinski definition) is 2. The summed E-state index contributed by atoms with van der Waals surface area (Å²) in [5.41, 5.74) is 6.72. The summed E-state index contributed by atoms with van der Waals surface area (Å²) in [6.07, 6.45) is 2.21. The number of halogens is 1. The van der Waals surface area contributed by atoms with Crippen LogP contribution in [0, 0.1) is 5.82 Å². The summed E-state index contributed by atoms with van der Waals surface area (Å²) in [6.45, 7) is 3.55. The van der Waals surface area contributed by atoms with Gasteiger partial charge in [-0.25, -0.2) is 4.39 Å². The first-order chi connectivity index (χ1) is 7.67. The Morgan fingerprint density at radius 3 is 2.75 bits per heavy atom. The van der Waals surface area contributed by atoms with Gasteiger partial charge in [0.1, 0.15) is 5.82 Å². The Kier molecular flexibility index (Phi) is 5.43. The van der Waals surface area contributed by atoms with E-state index in [4.69, 9.17) is 5.73 Å². The minimum Gasteiger partial charge on any atom is -0.329 e. The molecule has 0 spiro atoms. The quantitative estimate of drug-likeness (QED) is 0.804. The van der Waals surface area contributed by atoms with Crippen LogP contribution in [0.15, 0.2) is 24.3 Å². The fourth-order valence-electron chi connectivity index (χ4n) is 1.90. The second kappa shape index (κ2) is 6.61. The molecule has 0 heterocycles. The van der Waals surface area contributed by atoms with Crippen LogP contribution in [-0.2, 0) is 6.54 Å². The Labute approximate surface area is 97.3 Å². The zero-order valence-electron chi connectivity index (χ0n) is 10.1. The van der Waals surface area contributed by atoms with E-state index in [1.807, 2.05) is 13.1 Å². The highest BCUT2D eigenvalue weighted by Crippen LogP contribution is 2.10. The molecule has 16 heavy (non-hydrogen) atoms. The number of likely N-dealkylation sites (N-methyl/N-ethyl adjacent to an activating group) is 1. The highest BCUT2D eigenvalue weighted by atomic mass is 19.1. The molecule has 0 aliphatic carbocycles. The van der Waals surface area contributed by atoms with Crippen LogP contribution in [0.4, 0.5) is 4.39 Å². The first-order valence-corrected chi connectivity index (χ1v) is 5.82. The van der Waals surface area contributed by atoms with Gasteiger partial charge in [0, 0.05) is 19.1 Å². The Morgan fingerprint density at radius 1 is 1.44 bits per heavy atom. The van der Waals surface area contributed by atoms with E-state index in [-0.39, 0.29) is 5.82 Å². The molecule has 0 bridgehead atoms. The fraction of sp³-hybridized carbons (Fsp3) is 0.538. The van der Waals surface area contributed by atoms with Crippen molar-refractivity contribution in [1.29, 1.82) is 0 Å². The van der Waals surface area contributed by atoms with Crippen LogP contribution in [0.2, 0.25) is 0 Å². The lowest BCUT2D eigenvalue weighted by atomic mass is 10.1. The molecule has 0 aliphatic heterocycles. The van der Waals surface area contributed by atoms with E-state index in [0.29, 0.717) is 12.6 Å². The molecular formula is C13H21FN2. The van der Waals surface area contributed by atoms with Crippen LogP contribution in [-0.4, -0.2) is 24.5 Å².